The molecule has 0 aromatic heterocycles. The van der Waals surface area contributed by atoms with E-state index < -0.39 is 18.1 Å². The summed E-state index contributed by atoms with van der Waals surface area (Å²) in [4.78, 5) is 12.1. The lowest BCUT2D eigenvalue weighted by molar-refractivity contribution is -0.180. The lowest BCUT2D eigenvalue weighted by Gasteiger charge is -2.31. The smallest absolute Gasteiger partial charge is 0.348 e. The largest absolute Gasteiger partial charge is 0.393 e. The van der Waals surface area contributed by atoms with Gasteiger partial charge >= 0.3 is 6.18 Å². The number of rotatable bonds is 3. The van der Waals surface area contributed by atoms with E-state index in [0.717, 1.165) is 5.56 Å². The van der Waals surface area contributed by atoms with Crippen LogP contribution >= 0.6 is 0 Å². The number of amides is 1. The molecule has 3 nitrogen and oxygen atoms in total. The molecule has 2 rings (SSSR count). The second-order valence-corrected chi connectivity index (χ2v) is 5.42. The molecule has 116 valence electrons. The molecule has 0 spiro atoms. The van der Waals surface area contributed by atoms with E-state index in [2.05, 4.69) is 10.6 Å². The van der Waals surface area contributed by atoms with Crippen LogP contribution in [0.15, 0.2) is 30.3 Å². The molecule has 1 heterocycles. The Morgan fingerprint density at radius 3 is 2.48 bits per heavy atom. The summed E-state index contributed by atoms with van der Waals surface area (Å²) in [7, 11) is 0. The lowest BCUT2D eigenvalue weighted by Crippen LogP contribution is -2.51. The summed E-state index contributed by atoms with van der Waals surface area (Å²) >= 11 is 0. The highest BCUT2D eigenvalue weighted by Crippen LogP contribution is 2.32. The van der Waals surface area contributed by atoms with E-state index in [1.807, 2.05) is 37.3 Å². The Bertz CT molecular complexity index is 468. The zero-order chi connectivity index (χ0) is 15.5. The number of carbonyl (C=O) groups is 1. The van der Waals surface area contributed by atoms with Gasteiger partial charge in [-0.2, -0.15) is 13.2 Å². The zero-order valence-electron chi connectivity index (χ0n) is 11.8. The van der Waals surface area contributed by atoms with Crippen molar-refractivity contribution < 1.29 is 18.0 Å². The molecule has 1 aliphatic rings. The van der Waals surface area contributed by atoms with Gasteiger partial charge in [0.15, 0.2) is 0 Å². The van der Waals surface area contributed by atoms with Crippen molar-refractivity contribution in [2.24, 2.45) is 5.92 Å². The molecule has 6 heteroatoms. The Morgan fingerprint density at radius 2 is 1.95 bits per heavy atom. The Balaban J connectivity index is 1.85. The molecule has 2 N–H and O–H groups in total. The van der Waals surface area contributed by atoms with Crippen LogP contribution in [-0.2, 0) is 4.79 Å². The first-order valence-electron chi connectivity index (χ1n) is 7.03. The fraction of sp³-hybridized carbons (Fsp3) is 0.533. The summed E-state index contributed by atoms with van der Waals surface area (Å²) in [5, 5.41) is 5.54. The van der Waals surface area contributed by atoms with Crippen LogP contribution in [0.3, 0.4) is 0 Å². The van der Waals surface area contributed by atoms with E-state index in [1.54, 1.807) is 0 Å². The van der Waals surface area contributed by atoms with Crippen molar-refractivity contribution in [3.63, 3.8) is 0 Å². The summed E-state index contributed by atoms with van der Waals surface area (Å²) in [6.07, 6.45) is -3.99. The average Bonchev–Trinajstić information content (AvgIpc) is 2.47. The molecule has 0 bridgehead atoms. The third kappa shape index (κ3) is 4.20. The van der Waals surface area contributed by atoms with Crippen LogP contribution in [0.1, 0.15) is 31.4 Å². The van der Waals surface area contributed by atoms with E-state index in [9.17, 15) is 18.0 Å². The molecule has 1 fully saturated rings. The van der Waals surface area contributed by atoms with Gasteiger partial charge in [-0.25, -0.2) is 0 Å². The quantitative estimate of drug-likeness (QED) is 0.901. The molecular formula is C15H19F3N2O. The summed E-state index contributed by atoms with van der Waals surface area (Å²) < 4.78 is 37.7. The van der Waals surface area contributed by atoms with Gasteiger partial charge in [0.2, 0.25) is 5.91 Å². The van der Waals surface area contributed by atoms with Gasteiger partial charge in [-0.1, -0.05) is 30.3 Å². The van der Waals surface area contributed by atoms with E-state index in [-0.39, 0.29) is 31.3 Å². The number of benzene rings is 1. The molecule has 0 radical (unpaired) electrons. The monoisotopic (exact) mass is 300 g/mol. The van der Waals surface area contributed by atoms with Gasteiger partial charge in [0.25, 0.3) is 0 Å². The lowest BCUT2D eigenvalue weighted by atomic mass is 9.93. The van der Waals surface area contributed by atoms with E-state index >= 15 is 0 Å². The minimum atomic E-state index is -4.19. The molecule has 1 aliphatic heterocycles. The van der Waals surface area contributed by atoms with Crippen molar-refractivity contribution in [1.82, 2.24) is 10.6 Å². The number of alkyl halides is 3. The van der Waals surface area contributed by atoms with Crippen LogP contribution < -0.4 is 10.6 Å². The Labute approximate surface area is 121 Å². The van der Waals surface area contributed by atoms with Gasteiger partial charge in [0.05, 0.1) is 18.0 Å². The summed E-state index contributed by atoms with van der Waals surface area (Å²) in [5.74, 6) is -1.60. The number of hydrogen-bond acceptors (Lipinski definition) is 2. The maximum absolute atomic E-state index is 12.6. The van der Waals surface area contributed by atoms with Crippen molar-refractivity contribution in [3.8, 4) is 0 Å². The predicted octanol–water partition coefficient (Wildman–Crippen LogP) is 2.79. The molecule has 1 aromatic carbocycles. The molecule has 0 saturated carbocycles. The number of hydrogen-bond donors (Lipinski definition) is 2. The summed E-state index contributed by atoms with van der Waals surface area (Å²) in [6, 6.07) is 8.74. The maximum Gasteiger partial charge on any atom is 0.393 e. The Kier molecular flexibility index (Phi) is 4.88. The Hall–Kier alpha value is -1.56. The van der Waals surface area contributed by atoms with Crippen molar-refractivity contribution in [2.75, 3.05) is 6.54 Å². The van der Waals surface area contributed by atoms with Crippen LogP contribution in [0.25, 0.3) is 0 Å². The number of nitrogens with one attached hydrogen (secondary N) is 2. The highest BCUT2D eigenvalue weighted by molar-refractivity contribution is 5.82. The third-order valence-electron chi connectivity index (χ3n) is 3.85. The minimum absolute atomic E-state index is 0.00565. The van der Waals surface area contributed by atoms with E-state index in [1.165, 1.54) is 0 Å². The van der Waals surface area contributed by atoms with Gasteiger partial charge in [-0.05, 0) is 25.3 Å². The highest BCUT2D eigenvalue weighted by atomic mass is 19.4. The SMILES string of the molecule is CC(NC(=O)C1CCC(C(F)(F)F)CN1)c1ccccc1. The second-order valence-electron chi connectivity index (χ2n) is 5.42. The number of halogens is 3. The van der Waals surface area contributed by atoms with Crippen molar-refractivity contribution >= 4 is 5.91 Å². The zero-order valence-corrected chi connectivity index (χ0v) is 11.8. The maximum atomic E-state index is 12.6. The molecule has 0 aliphatic carbocycles. The van der Waals surface area contributed by atoms with Gasteiger partial charge in [-0.15, -0.1) is 0 Å². The van der Waals surface area contributed by atoms with Crippen molar-refractivity contribution in [3.05, 3.63) is 35.9 Å². The first-order chi connectivity index (χ1) is 9.88. The molecule has 3 unspecified atom stereocenters. The van der Waals surface area contributed by atoms with Gasteiger partial charge in [0.1, 0.15) is 0 Å². The molecule has 1 amide bonds. The first kappa shape index (κ1) is 15.8. The van der Waals surface area contributed by atoms with Gasteiger partial charge in [0, 0.05) is 6.54 Å². The first-order valence-corrected chi connectivity index (χ1v) is 7.03. The summed E-state index contributed by atoms with van der Waals surface area (Å²) in [6.45, 7) is 1.66. The number of carbonyl (C=O) groups excluding carboxylic acids is 1. The van der Waals surface area contributed by atoms with Gasteiger partial charge < -0.3 is 10.6 Å². The Morgan fingerprint density at radius 1 is 1.29 bits per heavy atom. The molecular weight excluding hydrogens is 281 g/mol. The molecule has 1 aromatic rings. The minimum Gasteiger partial charge on any atom is -0.348 e. The third-order valence-corrected chi connectivity index (χ3v) is 3.85. The standard InChI is InChI=1S/C15H19F3N2O/c1-10(11-5-3-2-4-6-11)20-14(21)13-8-7-12(9-19-13)15(16,17)18/h2-6,10,12-13,19H,7-9H2,1H3,(H,20,21). The van der Waals surface area contributed by atoms with Gasteiger partial charge in [-0.3, -0.25) is 4.79 Å². The van der Waals surface area contributed by atoms with Crippen molar-refractivity contribution in [1.29, 1.82) is 0 Å². The predicted molar refractivity (Wildman–Crippen MR) is 73.6 cm³/mol. The highest BCUT2D eigenvalue weighted by Gasteiger charge is 2.42. The second kappa shape index (κ2) is 6.47. The van der Waals surface area contributed by atoms with Crippen LogP contribution in [0.5, 0.6) is 0 Å². The van der Waals surface area contributed by atoms with Crippen molar-refractivity contribution in [2.45, 2.75) is 38.0 Å². The molecule has 1 saturated heterocycles. The normalized spacial score (nSPS) is 24.4. The van der Waals surface area contributed by atoms with Crippen LogP contribution in [-0.4, -0.2) is 24.7 Å². The molecule has 21 heavy (non-hydrogen) atoms. The fourth-order valence-electron chi connectivity index (χ4n) is 2.50. The van der Waals surface area contributed by atoms with E-state index in [0.29, 0.717) is 0 Å². The van der Waals surface area contributed by atoms with Crippen LogP contribution in [0.2, 0.25) is 0 Å². The topological polar surface area (TPSA) is 41.1 Å². The fourth-order valence-corrected chi connectivity index (χ4v) is 2.50. The number of piperidine rings is 1. The van der Waals surface area contributed by atoms with Crippen LogP contribution in [0, 0.1) is 5.92 Å². The molecule has 3 atom stereocenters. The summed E-state index contributed by atoms with van der Waals surface area (Å²) in [5.41, 5.74) is 0.967. The average molecular weight is 300 g/mol. The van der Waals surface area contributed by atoms with E-state index in [4.69, 9.17) is 0 Å². The van der Waals surface area contributed by atoms with Crippen LogP contribution in [0.4, 0.5) is 13.2 Å².